The van der Waals surface area contributed by atoms with Crippen molar-refractivity contribution in [3.05, 3.63) is 47.5 Å². The van der Waals surface area contributed by atoms with Crippen LogP contribution >= 0.6 is 11.6 Å². The predicted octanol–water partition coefficient (Wildman–Crippen LogP) is 3.59. The highest BCUT2D eigenvalue weighted by Crippen LogP contribution is 2.31. The van der Waals surface area contributed by atoms with E-state index in [1.54, 1.807) is 0 Å². The number of fused-ring (bicyclic) bond motifs is 1. The second kappa shape index (κ2) is 3.86. The lowest BCUT2D eigenvalue weighted by molar-refractivity contribution is 1.20. The minimum absolute atomic E-state index is 0.479. The Hall–Kier alpha value is -1.87. The molecular weight excluding hydrogens is 234 g/mol. The van der Waals surface area contributed by atoms with Crippen LogP contribution in [0.25, 0.3) is 22.2 Å². The van der Waals surface area contributed by atoms with Gasteiger partial charge in [0.1, 0.15) is 17.1 Å². The Morgan fingerprint density at radius 3 is 2.65 bits per heavy atom. The van der Waals surface area contributed by atoms with Crippen LogP contribution in [0.4, 0.5) is 0 Å². The molecule has 3 rings (SSSR count). The van der Waals surface area contributed by atoms with Gasteiger partial charge < -0.3 is 4.98 Å². The van der Waals surface area contributed by atoms with Gasteiger partial charge in [0, 0.05) is 11.8 Å². The van der Waals surface area contributed by atoms with E-state index in [1.807, 2.05) is 6.20 Å². The van der Waals surface area contributed by atoms with Crippen LogP contribution < -0.4 is 0 Å². The summed E-state index contributed by atoms with van der Waals surface area (Å²) in [6, 6.07) is 8.29. The van der Waals surface area contributed by atoms with Gasteiger partial charge in [-0.05, 0) is 12.5 Å². The van der Waals surface area contributed by atoms with Crippen molar-refractivity contribution in [1.29, 1.82) is 0 Å². The molecule has 0 aliphatic rings. The quantitative estimate of drug-likeness (QED) is 0.664. The van der Waals surface area contributed by atoms with E-state index < -0.39 is 0 Å². The van der Waals surface area contributed by atoms with Crippen LogP contribution in [0.2, 0.25) is 5.15 Å². The molecule has 0 saturated carbocycles. The number of benzene rings is 1. The molecule has 0 radical (unpaired) electrons. The highest BCUT2D eigenvalue weighted by Gasteiger charge is 2.10. The minimum atomic E-state index is 0.479. The van der Waals surface area contributed by atoms with E-state index in [9.17, 15) is 0 Å². The molecule has 0 unspecified atom stereocenters. The number of halogens is 1. The molecule has 0 fully saturated rings. The van der Waals surface area contributed by atoms with Gasteiger partial charge in [-0.2, -0.15) is 0 Å². The second-order valence-corrected chi connectivity index (χ2v) is 4.31. The SMILES string of the molecule is Cc1ccc(-c2c[nH]c3ncnc(Cl)c23)cc1. The summed E-state index contributed by atoms with van der Waals surface area (Å²) < 4.78 is 0. The van der Waals surface area contributed by atoms with Gasteiger partial charge in [0.25, 0.3) is 0 Å². The number of hydrogen-bond donors (Lipinski definition) is 1. The summed E-state index contributed by atoms with van der Waals surface area (Å²) in [5, 5.41) is 1.35. The molecule has 3 nitrogen and oxygen atoms in total. The van der Waals surface area contributed by atoms with Crippen molar-refractivity contribution < 1.29 is 0 Å². The molecule has 84 valence electrons. The van der Waals surface area contributed by atoms with Crippen LogP contribution in [-0.4, -0.2) is 15.0 Å². The van der Waals surface area contributed by atoms with E-state index in [1.165, 1.54) is 11.9 Å². The average molecular weight is 244 g/mol. The van der Waals surface area contributed by atoms with E-state index in [2.05, 4.69) is 46.1 Å². The number of nitrogens with one attached hydrogen (secondary N) is 1. The van der Waals surface area contributed by atoms with Crippen molar-refractivity contribution in [2.45, 2.75) is 6.92 Å². The third kappa shape index (κ3) is 1.68. The van der Waals surface area contributed by atoms with Gasteiger partial charge in [0.2, 0.25) is 0 Å². The Labute approximate surface area is 103 Å². The Balaban J connectivity index is 2.27. The maximum Gasteiger partial charge on any atom is 0.142 e. The maximum absolute atomic E-state index is 6.11. The smallest absolute Gasteiger partial charge is 0.142 e. The molecule has 0 bridgehead atoms. The van der Waals surface area contributed by atoms with E-state index in [-0.39, 0.29) is 0 Å². The van der Waals surface area contributed by atoms with E-state index in [0.29, 0.717) is 5.15 Å². The molecule has 0 aliphatic heterocycles. The lowest BCUT2D eigenvalue weighted by Gasteiger charge is -2.00. The second-order valence-electron chi connectivity index (χ2n) is 3.96. The number of nitrogens with zero attached hydrogens (tertiary/aromatic N) is 2. The summed E-state index contributed by atoms with van der Waals surface area (Å²) in [5.41, 5.74) is 4.14. The molecule has 17 heavy (non-hydrogen) atoms. The third-order valence-corrected chi connectivity index (χ3v) is 3.07. The first-order valence-electron chi connectivity index (χ1n) is 5.30. The summed E-state index contributed by atoms with van der Waals surface area (Å²) in [5.74, 6) is 0. The fourth-order valence-electron chi connectivity index (χ4n) is 1.89. The van der Waals surface area contributed by atoms with E-state index in [0.717, 1.165) is 22.2 Å². The Bertz CT molecular complexity index is 671. The van der Waals surface area contributed by atoms with Gasteiger partial charge in [-0.3, -0.25) is 0 Å². The van der Waals surface area contributed by atoms with Crippen molar-refractivity contribution in [2.75, 3.05) is 0 Å². The number of H-pyrrole nitrogens is 1. The molecule has 0 atom stereocenters. The van der Waals surface area contributed by atoms with Crippen LogP contribution in [0.1, 0.15) is 5.56 Å². The average Bonchev–Trinajstić information content (AvgIpc) is 2.75. The standard InChI is InChI=1S/C13H10ClN3/c1-8-2-4-9(5-3-8)10-6-15-13-11(10)12(14)16-7-17-13/h2-7H,1H3,(H,15,16,17). The summed E-state index contributed by atoms with van der Waals surface area (Å²) in [6.45, 7) is 2.06. The van der Waals surface area contributed by atoms with Gasteiger partial charge in [-0.1, -0.05) is 41.4 Å². The molecule has 2 heterocycles. The number of aromatic nitrogens is 3. The summed E-state index contributed by atoms with van der Waals surface area (Å²) in [6.07, 6.45) is 3.37. The third-order valence-electron chi connectivity index (χ3n) is 2.79. The normalized spacial score (nSPS) is 10.9. The predicted molar refractivity (Wildman–Crippen MR) is 69.1 cm³/mol. The molecule has 0 spiro atoms. The summed E-state index contributed by atoms with van der Waals surface area (Å²) in [7, 11) is 0. The molecule has 3 aromatic rings. The molecule has 1 aromatic carbocycles. The summed E-state index contributed by atoms with van der Waals surface area (Å²) >= 11 is 6.11. The van der Waals surface area contributed by atoms with Gasteiger partial charge in [-0.25, -0.2) is 9.97 Å². The molecule has 1 N–H and O–H groups in total. The van der Waals surface area contributed by atoms with Crippen LogP contribution in [0.5, 0.6) is 0 Å². The zero-order chi connectivity index (χ0) is 11.8. The van der Waals surface area contributed by atoms with Crippen molar-refractivity contribution >= 4 is 22.6 Å². The highest BCUT2D eigenvalue weighted by atomic mass is 35.5. The van der Waals surface area contributed by atoms with Gasteiger partial charge in [0.05, 0.1) is 5.39 Å². The molecule has 0 saturated heterocycles. The maximum atomic E-state index is 6.11. The van der Waals surface area contributed by atoms with E-state index >= 15 is 0 Å². The molecule has 4 heteroatoms. The lowest BCUT2D eigenvalue weighted by Crippen LogP contribution is -1.82. The fraction of sp³-hybridized carbons (Fsp3) is 0.0769. The first kappa shape index (κ1) is 10.3. The van der Waals surface area contributed by atoms with Gasteiger partial charge in [-0.15, -0.1) is 0 Å². The van der Waals surface area contributed by atoms with Crippen molar-refractivity contribution in [2.24, 2.45) is 0 Å². The van der Waals surface area contributed by atoms with Gasteiger partial charge in [0.15, 0.2) is 0 Å². The van der Waals surface area contributed by atoms with Gasteiger partial charge >= 0.3 is 0 Å². The Morgan fingerprint density at radius 1 is 1.12 bits per heavy atom. The highest BCUT2D eigenvalue weighted by molar-refractivity contribution is 6.35. The number of rotatable bonds is 1. The lowest BCUT2D eigenvalue weighted by atomic mass is 10.1. The topological polar surface area (TPSA) is 41.6 Å². The number of aromatic amines is 1. The van der Waals surface area contributed by atoms with Crippen LogP contribution in [0.15, 0.2) is 36.8 Å². The van der Waals surface area contributed by atoms with Crippen LogP contribution in [-0.2, 0) is 0 Å². The first-order chi connectivity index (χ1) is 8.25. The Morgan fingerprint density at radius 2 is 1.88 bits per heavy atom. The number of hydrogen-bond acceptors (Lipinski definition) is 2. The monoisotopic (exact) mass is 243 g/mol. The largest absolute Gasteiger partial charge is 0.345 e. The van der Waals surface area contributed by atoms with E-state index in [4.69, 9.17) is 11.6 Å². The fourth-order valence-corrected chi connectivity index (χ4v) is 2.12. The zero-order valence-electron chi connectivity index (χ0n) is 9.24. The number of aryl methyl sites for hydroxylation is 1. The molecule has 0 aliphatic carbocycles. The molecule has 2 aromatic heterocycles. The van der Waals surface area contributed by atoms with Crippen LogP contribution in [0.3, 0.4) is 0 Å². The van der Waals surface area contributed by atoms with Crippen molar-refractivity contribution in [1.82, 2.24) is 15.0 Å². The van der Waals surface area contributed by atoms with Crippen LogP contribution in [0, 0.1) is 6.92 Å². The molecule has 0 amide bonds. The molecular formula is C13H10ClN3. The minimum Gasteiger partial charge on any atom is -0.345 e. The Kier molecular flexibility index (Phi) is 2.34. The summed E-state index contributed by atoms with van der Waals surface area (Å²) in [4.78, 5) is 11.3. The van der Waals surface area contributed by atoms with Crippen molar-refractivity contribution in [3.63, 3.8) is 0 Å². The zero-order valence-corrected chi connectivity index (χ0v) is 9.99. The first-order valence-corrected chi connectivity index (χ1v) is 5.68. The van der Waals surface area contributed by atoms with Crippen molar-refractivity contribution in [3.8, 4) is 11.1 Å².